The smallest absolute Gasteiger partial charge is 0.318 e. The Labute approximate surface area is 259 Å². The number of halogens is 4. The summed E-state index contributed by atoms with van der Waals surface area (Å²) in [5.74, 6) is -0.622. The Hall–Kier alpha value is -3.18. The first-order chi connectivity index (χ1) is 20.8. The summed E-state index contributed by atoms with van der Waals surface area (Å²) in [6, 6.07) is 7.10. The molecule has 0 bridgehead atoms. The molecule has 226 valence electrons. The van der Waals surface area contributed by atoms with Crippen molar-refractivity contribution in [1.29, 1.82) is 5.26 Å². The highest BCUT2D eigenvalue weighted by atomic mass is 79.9. The number of rotatable bonds is 3. The molecule has 2 unspecified atom stereocenters. The quantitative estimate of drug-likeness (QED) is 0.265. The number of nitrogens with zero attached hydrogens (tertiary/aromatic N) is 5. The molecule has 2 N–H and O–H groups in total. The Balaban J connectivity index is 0.000000310. The van der Waals surface area contributed by atoms with Crippen molar-refractivity contribution in [1.82, 2.24) is 14.9 Å². The summed E-state index contributed by atoms with van der Waals surface area (Å²) in [5.41, 5.74) is 6.64. The fraction of sp³-hybridized carbons (Fsp3) is 0.433. The molecule has 3 fully saturated rings. The summed E-state index contributed by atoms with van der Waals surface area (Å²) in [6.45, 7) is 4.31. The van der Waals surface area contributed by atoms with Crippen molar-refractivity contribution in [3.05, 3.63) is 39.9 Å². The van der Waals surface area contributed by atoms with Gasteiger partial charge >= 0.3 is 6.01 Å². The molecule has 4 aromatic rings. The number of nitriles is 1. The van der Waals surface area contributed by atoms with Crippen LogP contribution in [0.5, 0.6) is 6.01 Å². The zero-order valence-electron chi connectivity index (χ0n) is 23.5. The van der Waals surface area contributed by atoms with Gasteiger partial charge < -0.3 is 20.1 Å². The molecule has 0 aliphatic carbocycles. The number of aromatic nitrogens is 2. The molecule has 3 saturated heterocycles. The van der Waals surface area contributed by atoms with Crippen LogP contribution in [0.4, 0.5) is 24.0 Å². The van der Waals surface area contributed by atoms with Gasteiger partial charge in [0, 0.05) is 53.1 Å². The van der Waals surface area contributed by atoms with Crippen molar-refractivity contribution in [3.8, 4) is 23.2 Å². The van der Waals surface area contributed by atoms with Crippen LogP contribution in [-0.2, 0) is 4.74 Å². The molecule has 43 heavy (non-hydrogen) atoms. The lowest BCUT2D eigenvalue weighted by molar-refractivity contribution is 0.152. The van der Waals surface area contributed by atoms with Crippen LogP contribution in [0.3, 0.4) is 0 Å². The summed E-state index contributed by atoms with van der Waals surface area (Å²) in [5, 5.41) is 10.6. The molecule has 0 spiro atoms. The molecule has 0 radical (unpaired) electrons. The van der Waals surface area contributed by atoms with Crippen molar-refractivity contribution < 1.29 is 22.6 Å². The average Bonchev–Trinajstić information content (AvgIpc) is 3.59. The molecule has 2 aromatic heterocycles. The first-order valence-electron chi connectivity index (χ1n) is 14.2. The van der Waals surface area contributed by atoms with Crippen LogP contribution in [-0.4, -0.2) is 73.6 Å². The number of alkyl halides is 1. The van der Waals surface area contributed by atoms with Gasteiger partial charge in [0.05, 0.1) is 24.0 Å². The summed E-state index contributed by atoms with van der Waals surface area (Å²) in [6.07, 6.45) is 3.62. The normalized spacial score (nSPS) is 20.5. The Morgan fingerprint density at radius 1 is 1.19 bits per heavy atom. The number of hydrogen-bond acceptors (Lipinski definition) is 9. The molecule has 7 rings (SSSR count). The molecule has 8 nitrogen and oxygen atoms in total. The van der Waals surface area contributed by atoms with Gasteiger partial charge in [-0.2, -0.15) is 15.2 Å². The molecule has 0 saturated carbocycles. The maximum Gasteiger partial charge on any atom is 0.318 e. The Kier molecular flexibility index (Phi) is 8.64. The van der Waals surface area contributed by atoms with Crippen LogP contribution in [0.2, 0.25) is 0 Å². The highest BCUT2D eigenvalue weighted by Crippen LogP contribution is 2.45. The van der Waals surface area contributed by atoms with Crippen LogP contribution in [0, 0.1) is 23.0 Å². The molecule has 2 aromatic carbocycles. The lowest BCUT2D eigenvalue weighted by Crippen LogP contribution is -2.27. The molecular weight excluding hydrogens is 645 g/mol. The van der Waals surface area contributed by atoms with Crippen LogP contribution < -0.4 is 15.4 Å². The fourth-order valence-corrected chi connectivity index (χ4v) is 7.80. The monoisotopic (exact) mass is 674 g/mol. The third-order valence-corrected chi connectivity index (χ3v) is 9.86. The van der Waals surface area contributed by atoms with Gasteiger partial charge in [0.15, 0.2) is 5.82 Å². The van der Waals surface area contributed by atoms with Crippen molar-refractivity contribution >= 4 is 59.1 Å². The Bertz CT molecular complexity index is 1710. The molecule has 2 atom stereocenters. The Morgan fingerprint density at radius 3 is 2.79 bits per heavy atom. The second kappa shape index (κ2) is 12.4. The summed E-state index contributed by atoms with van der Waals surface area (Å²) >= 11 is 4.46. The van der Waals surface area contributed by atoms with E-state index in [0.717, 1.165) is 30.7 Å². The van der Waals surface area contributed by atoms with E-state index in [0.29, 0.717) is 60.1 Å². The van der Waals surface area contributed by atoms with Crippen LogP contribution >= 0.6 is 27.3 Å². The number of methoxy groups -OCH3 is 1. The van der Waals surface area contributed by atoms with Gasteiger partial charge in [0.1, 0.15) is 34.4 Å². The van der Waals surface area contributed by atoms with E-state index in [4.69, 9.17) is 15.2 Å². The molecule has 0 amide bonds. The van der Waals surface area contributed by atoms with Gasteiger partial charge in [-0.25, -0.2) is 13.2 Å². The second-order valence-corrected chi connectivity index (χ2v) is 12.7. The maximum atomic E-state index is 16.2. The third-order valence-electron chi connectivity index (χ3n) is 8.21. The SMILES string of the molecule is COc1nc(N2CCCOCC2)c2cc(Br)c(-c3ccc(F)c4sc(N)c(C#N)c34)c(F)c2n1.FC1CC2CCCN2C1. The van der Waals surface area contributed by atoms with E-state index >= 15 is 4.39 Å². The molecular formula is C30H30BrF3N6O2S. The lowest BCUT2D eigenvalue weighted by Gasteiger charge is -2.23. The van der Waals surface area contributed by atoms with Gasteiger partial charge in [-0.05, 0) is 49.9 Å². The summed E-state index contributed by atoms with van der Waals surface area (Å²) in [7, 11) is 1.42. The van der Waals surface area contributed by atoms with Gasteiger partial charge in [-0.15, -0.1) is 11.3 Å². The number of benzene rings is 2. The van der Waals surface area contributed by atoms with E-state index in [1.165, 1.54) is 32.1 Å². The zero-order chi connectivity index (χ0) is 30.2. The number of ether oxygens (including phenoxy) is 2. The van der Waals surface area contributed by atoms with Gasteiger partial charge in [0.2, 0.25) is 0 Å². The van der Waals surface area contributed by atoms with Gasteiger partial charge in [-0.3, -0.25) is 4.90 Å². The minimum absolute atomic E-state index is 0.0292. The van der Waals surface area contributed by atoms with Crippen molar-refractivity contribution in [2.45, 2.75) is 37.9 Å². The summed E-state index contributed by atoms with van der Waals surface area (Å²) < 4.78 is 54.8. The van der Waals surface area contributed by atoms with E-state index in [9.17, 15) is 14.0 Å². The van der Waals surface area contributed by atoms with E-state index in [-0.39, 0.29) is 37.7 Å². The van der Waals surface area contributed by atoms with Crippen molar-refractivity contribution in [3.63, 3.8) is 0 Å². The third kappa shape index (κ3) is 5.61. The fourth-order valence-electron chi connectivity index (χ4n) is 6.23. The van der Waals surface area contributed by atoms with E-state index in [2.05, 4.69) is 30.8 Å². The maximum absolute atomic E-state index is 16.2. The standard InChI is InChI=1S/C23H18BrF2N5O2S.C7H12FN/c1-32-23-29-19-12(22(30-23)31-5-2-7-33-8-6-31)9-14(24)17(18(19)26)11-3-4-15(25)20-16(11)13(10-27)21(28)34-20;8-6-4-7-2-1-3-9(7)5-6/h3-4,9H,2,5-8,28H2,1H3;6-7H,1-5H2. The van der Waals surface area contributed by atoms with Gasteiger partial charge in [0.25, 0.3) is 0 Å². The topological polar surface area (TPSA) is 101 Å². The average molecular weight is 676 g/mol. The number of nitrogens with two attached hydrogens (primary N) is 1. The zero-order valence-corrected chi connectivity index (χ0v) is 25.9. The molecule has 3 aliphatic rings. The predicted molar refractivity (Wildman–Crippen MR) is 165 cm³/mol. The number of fused-ring (bicyclic) bond motifs is 3. The largest absolute Gasteiger partial charge is 0.467 e. The number of anilines is 2. The lowest BCUT2D eigenvalue weighted by atomic mass is 9.97. The molecule has 3 aliphatic heterocycles. The summed E-state index contributed by atoms with van der Waals surface area (Å²) in [4.78, 5) is 13.1. The number of nitrogen functional groups attached to an aromatic ring is 1. The van der Waals surface area contributed by atoms with Gasteiger partial charge in [-0.1, -0.05) is 22.0 Å². The number of thiophene rings is 1. The van der Waals surface area contributed by atoms with Crippen molar-refractivity contribution in [2.24, 2.45) is 0 Å². The highest BCUT2D eigenvalue weighted by molar-refractivity contribution is 9.10. The molecule has 5 heterocycles. The first kappa shape index (κ1) is 29.9. The van der Waals surface area contributed by atoms with E-state index in [1.54, 1.807) is 6.07 Å². The first-order valence-corrected chi connectivity index (χ1v) is 15.8. The minimum atomic E-state index is -0.640. The Morgan fingerprint density at radius 2 is 2.02 bits per heavy atom. The second-order valence-electron chi connectivity index (χ2n) is 10.8. The van der Waals surface area contributed by atoms with E-state index < -0.39 is 17.8 Å². The van der Waals surface area contributed by atoms with E-state index in [1.807, 2.05) is 11.0 Å². The van der Waals surface area contributed by atoms with Crippen LogP contribution in [0.1, 0.15) is 31.2 Å². The van der Waals surface area contributed by atoms with Crippen molar-refractivity contribution in [2.75, 3.05) is 57.1 Å². The minimum Gasteiger partial charge on any atom is -0.467 e. The predicted octanol–water partition coefficient (Wildman–Crippen LogP) is 6.43. The number of hydrogen-bond donors (Lipinski definition) is 1. The molecule has 13 heteroatoms. The van der Waals surface area contributed by atoms with Crippen LogP contribution in [0.15, 0.2) is 22.7 Å². The van der Waals surface area contributed by atoms with Crippen LogP contribution in [0.25, 0.3) is 32.1 Å². The highest BCUT2D eigenvalue weighted by Gasteiger charge is 2.34.